The van der Waals surface area contributed by atoms with Crippen molar-refractivity contribution in [2.45, 2.75) is 31.6 Å². The third kappa shape index (κ3) is 4.18. The Balaban J connectivity index is 1.94. The van der Waals surface area contributed by atoms with Crippen LogP contribution in [0.1, 0.15) is 24.0 Å². The minimum atomic E-state index is -4.65. The Morgan fingerprint density at radius 1 is 1.30 bits per heavy atom. The molecular formula is C14H18F4N2. The first-order valence-electron chi connectivity index (χ1n) is 6.64. The maximum absolute atomic E-state index is 13.8. The van der Waals surface area contributed by atoms with Crippen LogP contribution in [0, 0.1) is 5.82 Å². The summed E-state index contributed by atoms with van der Waals surface area (Å²) in [5.41, 5.74) is -1.12. The molecule has 1 aliphatic carbocycles. The molecule has 1 aromatic rings. The van der Waals surface area contributed by atoms with Crippen LogP contribution >= 0.6 is 0 Å². The third-order valence-electron chi connectivity index (χ3n) is 3.33. The molecule has 1 N–H and O–H groups in total. The molecule has 112 valence electrons. The molecule has 0 amide bonds. The molecule has 0 unspecified atom stereocenters. The average molecular weight is 290 g/mol. The van der Waals surface area contributed by atoms with Crippen LogP contribution in [-0.2, 0) is 12.7 Å². The normalized spacial score (nSPS) is 15.9. The smallest absolute Gasteiger partial charge is 0.313 e. The average Bonchev–Trinajstić information content (AvgIpc) is 3.14. The highest BCUT2D eigenvalue weighted by molar-refractivity contribution is 5.28. The van der Waals surface area contributed by atoms with Gasteiger partial charge in [-0.25, -0.2) is 4.39 Å². The molecule has 2 rings (SSSR count). The van der Waals surface area contributed by atoms with Gasteiger partial charge in [0.2, 0.25) is 0 Å². The van der Waals surface area contributed by atoms with E-state index in [1.54, 1.807) is 7.05 Å². The SMILES string of the molecule is CN(CCNC1CC1)Cc1cccc(C(F)(F)F)c1F. The van der Waals surface area contributed by atoms with Gasteiger partial charge in [0, 0.05) is 31.2 Å². The van der Waals surface area contributed by atoms with Crippen LogP contribution in [0.25, 0.3) is 0 Å². The summed E-state index contributed by atoms with van der Waals surface area (Å²) in [5.74, 6) is -1.16. The van der Waals surface area contributed by atoms with Crippen LogP contribution in [0.3, 0.4) is 0 Å². The van der Waals surface area contributed by atoms with Crippen LogP contribution in [0.5, 0.6) is 0 Å². The highest BCUT2D eigenvalue weighted by Crippen LogP contribution is 2.32. The van der Waals surface area contributed by atoms with E-state index in [1.165, 1.54) is 25.0 Å². The molecule has 6 heteroatoms. The van der Waals surface area contributed by atoms with Gasteiger partial charge < -0.3 is 10.2 Å². The zero-order chi connectivity index (χ0) is 14.8. The lowest BCUT2D eigenvalue weighted by Crippen LogP contribution is -2.30. The Kier molecular flexibility index (Phi) is 4.65. The molecule has 0 bridgehead atoms. The number of halogens is 4. The summed E-state index contributed by atoms with van der Waals surface area (Å²) in [6.45, 7) is 1.61. The van der Waals surface area contributed by atoms with E-state index in [4.69, 9.17) is 0 Å². The Labute approximate surface area is 115 Å². The third-order valence-corrected chi connectivity index (χ3v) is 3.33. The monoisotopic (exact) mass is 290 g/mol. The Bertz CT molecular complexity index is 455. The van der Waals surface area contributed by atoms with Gasteiger partial charge in [-0.3, -0.25) is 0 Å². The Morgan fingerprint density at radius 3 is 2.60 bits per heavy atom. The van der Waals surface area contributed by atoms with Gasteiger partial charge in [-0.2, -0.15) is 13.2 Å². The van der Waals surface area contributed by atoms with E-state index in [-0.39, 0.29) is 12.1 Å². The molecule has 0 heterocycles. The maximum Gasteiger partial charge on any atom is 0.419 e. The summed E-state index contributed by atoms with van der Waals surface area (Å²) in [5, 5.41) is 3.31. The number of hydrogen-bond acceptors (Lipinski definition) is 2. The molecule has 1 aliphatic rings. The van der Waals surface area contributed by atoms with Crippen LogP contribution in [0.15, 0.2) is 18.2 Å². The lowest BCUT2D eigenvalue weighted by Gasteiger charge is -2.18. The van der Waals surface area contributed by atoms with E-state index < -0.39 is 17.6 Å². The molecule has 0 radical (unpaired) electrons. The number of benzene rings is 1. The van der Waals surface area contributed by atoms with Crippen LogP contribution in [0.2, 0.25) is 0 Å². The first-order valence-corrected chi connectivity index (χ1v) is 6.64. The first kappa shape index (κ1) is 15.3. The van der Waals surface area contributed by atoms with Gasteiger partial charge in [-0.1, -0.05) is 12.1 Å². The predicted molar refractivity (Wildman–Crippen MR) is 68.8 cm³/mol. The van der Waals surface area contributed by atoms with E-state index in [0.717, 1.165) is 12.6 Å². The molecule has 0 spiro atoms. The molecule has 1 saturated carbocycles. The predicted octanol–water partition coefficient (Wildman–Crippen LogP) is 3.03. The van der Waals surface area contributed by atoms with E-state index >= 15 is 0 Å². The molecule has 20 heavy (non-hydrogen) atoms. The molecule has 0 atom stereocenters. The molecule has 0 aliphatic heterocycles. The quantitative estimate of drug-likeness (QED) is 0.810. The first-order chi connectivity index (χ1) is 9.38. The van der Waals surface area contributed by atoms with E-state index in [1.807, 2.05) is 4.90 Å². The summed E-state index contributed by atoms with van der Waals surface area (Å²) < 4.78 is 51.6. The summed E-state index contributed by atoms with van der Waals surface area (Å²) >= 11 is 0. The number of likely N-dealkylation sites (N-methyl/N-ethyl adjacent to an activating group) is 1. The zero-order valence-electron chi connectivity index (χ0n) is 11.3. The molecule has 2 nitrogen and oxygen atoms in total. The Morgan fingerprint density at radius 2 is 2.00 bits per heavy atom. The van der Waals surface area contributed by atoms with Gasteiger partial charge >= 0.3 is 6.18 Å². The molecule has 1 aromatic carbocycles. The summed E-state index contributed by atoms with van der Waals surface area (Å²) in [4.78, 5) is 1.81. The van der Waals surface area contributed by atoms with Gasteiger partial charge in [0.15, 0.2) is 0 Å². The zero-order valence-corrected chi connectivity index (χ0v) is 11.3. The highest BCUT2D eigenvalue weighted by atomic mass is 19.4. The maximum atomic E-state index is 13.8. The number of alkyl halides is 3. The molecule has 0 saturated heterocycles. The van der Waals surface area contributed by atoms with Crippen molar-refractivity contribution in [3.05, 3.63) is 35.1 Å². The van der Waals surface area contributed by atoms with Gasteiger partial charge in [0.1, 0.15) is 5.82 Å². The highest BCUT2D eigenvalue weighted by Gasteiger charge is 2.34. The number of hydrogen-bond donors (Lipinski definition) is 1. The second kappa shape index (κ2) is 6.10. The largest absolute Gasteiger partial charge is 0.419 e. The van der Waals surface area contributed by atoms with E-state index in [2.05, 4.69) is 5.32 Å². The van der Waals surface area contributed by atoms with Crippen molar-refractivity contribution in [1.82, 2.24) is 10.2 Å². The van der Waals surface area contributed by atoms with Crippen molar-refractivity contribution in [1.29, 1.82) is 0 Å². The van der Waals surface area contributed by atoms with Crippen molar-refractivity contribution in [3.8, 4) is 0 Å². The van der Waals surface area contributed by atoms with Crippen molar-refractivity contribution in [2.75, 3.05) is 20.1 Å². The van der Waals surface area contributed by atoms with Gasteiger partial charge in [0.05, 0.1) is 5.56 Å². The summed E-state index contributed by atoms with van der Waals surface area (Å²) in [6.07, 6.45) is -2.27. The second-order valence-electron chi connectivity index (χ2n) is 5.24. The van der Waals surface area contributed by atoms with Gasteiger partial charge in [-0.05, 0) is 26.0 Å². The summed E-state index contributed by atoms with van der Waals surface area (Å²) in [6, 6.07) is 4.01. The van der Waals surface area contributed by atoms with Crippen LogP contribution in [-0.4, -0.2) is 31.1 Å². The lowest BCUT2D eigenvalue weighted by molar-refractivity contribution is -0.140. The minimum Gasteiger partial charge on any atom is -0.313 e. The van der Waals surface area contributed by atoms with Crippen molar-refractivity contribution >= 4 is 0 Å². The fourth-order valence-electron chi connectivity index (χ4n) is 2.04. The molecule has 0 aromatic heterocycles. The number of rotatable bonds is 6. The minimum absolute atomic E-state index is 0.0775. The fraction of sp³-hybridized carbons (Fsp3) is 0.571. The fourth-order valence-corrected chi connectivity index (χ4v) is 2.04. The number of nitrogens with zero attached hydrogens (tertiary/aromatic N) is 1. The molecule has 1 fully saturated rings. The van der Waals surface area contributed by atoms with Crippen LogP contribution < -0.4 is 5.32 Å². The van der Waals surface area contributed by atoms with Crippen molar-refractivity contribution < 1.29 is 17.6 Å². The van der Waals surface area contributed by atoms with Crippen molar-refractivity contribution in [2.24, 2.45) is 0 Å². The van der Waals surface area contributed by atoms with E-state index in [0.29, 0.717) is 12.6 Å². The topological polar surface area (TPSA) is 15.3 Å². The van der Waals surface area contributed by atoms with Gasteiger partial charge in [-0.15, -0.1) is 0 Å². The lowest BCUT2D eigenvalue weighted by atomic mass is 10.1. The standard InChI is InChI=1S/C14H18F4N2/c1-20(8-7-19-11-5-6-11)9-10-3-2-4-12(13(10)15)14(16,17)18/h2-4,11,19H,5-9H2,1H3. The van der Waals surface area contributed by atoms with Crippen molar-refractivity contribution in [3.63, 3.8) is 0 Å². The Hall–Kier alpha value is -1.14. The van der Waals surface area contributed by atoms with Crippen LogP contribution in [0.4, 0.5) is 17.6 Å². The second-order valence-corrected chi connectivity index (χ2v) is 5.24. The van der Waals surface area contributed by atoms with Gasteiger partial charge in [0.25, 0.3) is 0 Å². The summed E-state index contributed by atoms with van der Waals surface area (Å²) in [7, 11) is 1.77. The van der Waals surface area contributed by atoms with E-state index in [9.17, 15) is 17.6 Å². The molecular weight excluding hydrogens is 272 g/mol. The number of nitrogens with one attached hydrogen (secondary N) is 1.